The minimum atomic E-state index is -0.508. The monoisotopic (exact) mass is 402 g/mol. The third-order valence-corrected chi connectivity index (χ3v) is 4.25. The fourth-order valence-electron chi connectivity index (χ4n) is 2.36. The standard InChI is InChI=1S/C17H24BrFN2O3/c1-17(2,3)24-16(22)20(4)7-8-21-9-10-23-15-12(11-21)5-6-13(18)14(15)19/h5-6H,7-11H2,1-4H3. The first-order valence-electron chi connectivity index (χ1n) is 7.93. The Morgan fingerprint density at radius 1 is 1.46 bits per heavy atom. The molecule has 0 atom stereocenters. The molecule has 2 rings (SSSR count). The Morgan fingerprint density at radius 3 is 2.83 bits per heavy atom. The van der Waals surface area contributed by atoms with E-state index in [0.717, 1.165) is 5.56 Å². The number of rotatable bonds is 3. The second-order valence-electron chi connectivity index (χ2n) is 6.88. The highest BCUT2D eigenvalue weighted by Gasteiger charge is 2.22. The molecule has 1 aliphatic rings. The molecule has 0 bridgehead atoms. The van der Waals surface area contributed by atoms with Crippen LogP contribution in [0.4, 0.5) is 9.18 Å². The Balaban J connectivity index is 1.94. The van der Waals surface area contributed by atoms with Gasteiger partial charge in [0, 0.05) is 38.8 Å². The van der Waals surface area contributed by atoms with Crippen molar-refractivity contribution in [2.75, 3.05) is 33.3 Å². The van der Waals surface area contributed by atoms with Crippen LogP contribution in [0.15, 0.2) is 16.6 Å². The van der Waals surface area contributed by atoms with Crippen molar-refractivity contribution in [3.8, 4) is 5.75 Å². The molecule has 1 aromatic carbocycles. The summed E-state index contributed by atoms with van der Waals surface area (Å²) < 4.78 is 25.4. The molecule has 0 aromatic heterocycles. The van der Waals surface area contributed by atoms with Gasteiger partial charge in [0.15, 0.2) is 11.6 Å². The van der Waals surface area contributed by atoms with Crippen molar-refractivity contribution in [1.29, 1.82) is 0 Å². The number of benzene rings is 1. The van der Waals surface area contributed by atoms with Gasteiger partial charge in [-0.25, -0.2) is 9.18 Å². The van der Waals surface area contributed by atoms with Gasteiger partial charge in [0.25, 0.3) is 0 Å². The predicted molar refractivity (Wildman–Crippen MR) is 93.7 cm³/mol. The van der Waals surface area contributed by atoms with Crippen molar-refractivity contribution in [2.45, 2.75) is 32.9 Å². The normalized spacial score (nSPS) is 15.2. The Bertz CT molecular complexity index is 604. The Morgan fingerprint density at radius 2 is 2.17 bits per heavy atom. The summed E-state index contributed by atoms with van der Waals surface area (Å²) in [6.45, 7) is 8.39. The van der Waals surface area contributed by atoms with E-state index in [-0.39, 0.29) is 11.9 Å². The third kappa shape index (κ3) is 5.08. The quantitative estimate of drug-likeness (QED) is 0.773. The molecule has 0 N–H and O–H groups in total. The first-order chi connectivity index (χ1) is 11.2. The fraction of sp³-hybridized carbons (Fsp3) is 0.588. The lowest BCUT2D eigenvalue weighted by atomic mass is 10.2. The SMILES string of the molecule is CN(CCN1CCOc2c(ccc(Br)c2F)C1)C(=O)OC(C)(C)C. The molecule has 0 saturated carbocycles. The summed E-state index contributed by atoms with van der Waals surface area (Å²) in [6, 6.07) is 3.55. The van der Waals surface area contributed by atoms with E-state index in [1.165, 1.54) is 0 Å². The van der Waals surface area contributed by atoms with Crippen LogP contribution >= 0.6 is 15.9 Å². The van der Waals surface area contributed by atoms with Crippen LogP contribution in [0.25, 0.3) is 0 Å². The van der Waals surface area contributed by atoms with Crippen LogP contribution in [-0.2, 0) is 11.3 Å². The highest BCUT2D eigenvalue weighted by atomic mass is 79.9. The molecular formula is C17H24BrFN2O3. The highest BCUT2D eigenvalue weighted by Crippen LogP contribution is 2.31. The number of likely N-dealkylation sites (N-methyl/N-ethyl adjacent to an activating group) is 1. The smallest absolute Gasteiger partial charge is 0.410 e. The summed E-state index contributed by atoms with van der Waals surface area (Å²) in [7, 11) is 1.72. The zero-order valence-corrected chi connectivity index (χ0v) is 16.2. The lowest BCUT2D eigenvalue weighted by Gasteiger charge is -2.27. The Hall–Kier alpha value is -1.34. The molecule has 134 valence electrons. The second-order valence-corrected chi connectivity index (χ2v) is 7.73. The zero-order chi connectivity index (χ0) is 17.9. The number of hydrogen-bond acceptors (Lipinski definition) is 4. The summed E-state index contributed by atoms with van der Waals surface area (Å²) in [5.74, 6) is -0.0485. The van der Waals surface area contributed by atoms with Gasteiger partial charge >= 0.3 is 6.09 Å². The number of amides is 1. The molecule has 1 heterocycles. The molecule has 0 radical (unpaired) electrons. The fourth-order valence-corrected chi connectivity index (χ4v) is 2.68. The van der Waals surface area contributed by atoms with Crippen molar-refractivity contribution in [2.24, 2.45) is 0 Å². The lowest BCUT2D eigenvalue weighted by molar-refractivity contribution is 0.0281. The topological polar surface area (TPSA) is 42.0 Å². The average Bonchev–Trinajstić information content (AvgIpc) is 2.69. The molecule has 7 heteroatoms. The number of halogens is 2. The van der Waals surface area contributed by atoms with Gasteiger partial charge in [0.2, 0.25) is 0 Å². The van der Waals surface area contributed by atoms with Crippen molar-refractivity contribution < 1.29 is 18.7 Å². The van der Waals surface area contributed by atoms with Gasteiger partial charge in [-0.1, -0.05) is 6.07 Å². The minimum absolute atomic E-state index is 0.312. The van der Waals surface area contributed by atoms with Gasteiger partial charge in [-0.2, -0.15) is 0 Å². The number of ether oxygens (including phenoxy) is 2. The van der Waals surface area contributed by atoms with E-state index in [1.807, 2.05) is 26.8 Å². The Kier molecular flexibility index (Phi) is 6.09. The number of fused-ring (bicyclic) bond motifs is 1. The molecular weight excluding hydrogens is 379 g/mol. The van der Waals surface area contributed by atoms with Crippen LogP contribution in [0, 0.1) is 5.82 Å². The molecule has 0 aliphatic carbocycles. The van der Waals surface area contributed by atoms with Gasteiger partial charge in [-0.3, -0.25) is 4.90 Å². The van der Waals surface area contributed by atoms with Crippen LogP contribution in [0.5, 0.6) is 5.75 Å². The summed E-state index contributed by atoms with van der Waals surface area (Å²) in [5, 5.41) is 0. The van der Waals surface area contributed by atoms with Gasteiger partial charge in [-0.05, 0) is 42.8 Å². The van der Waals surface area contributed by atoms with Gasteiger partial charge in [-0.15, -0.1) is 0 Å². The van der Waals surface area contributed by atoms with Crippen molar-refractivity contribution in [1.82, 2.24) is 9.80 Å². The summed E-state index contributed by atoms with van der Waals surface area (Å²) in [5.41, 5.74) is 0.305. The third-order valence-electron chi connectivity index (χ3n) is 3.64. The first kappa shape index (κ1) is 19.0. The molecule has 1 aliphatic heterocycles. The maximum Gasteiger partial charge on any atom is 0.410 e. The second kappa shape index (κ2) is 7.70. The predicted octanol–water partition coefficient (Wildman–Crippen LogP) is 3.65. The number of nitrogens with zero attached hydrogens (tertiary/aromatic N) is 2. The maximum absolute atomic E-state index is 14.1. The molecule has 24 heavy (non-hydrogen) atoms. The van der Waals surface area contributed by atoms with E-state index in [9.17, 15) is 9.18 Å². The van der Waals surface area contributed by atoms with Crippen molar-refractivity contribution in [3.05, 3.63) is 28.0 Å². The molecule has 0 unspecified atom stereocenters. The van der Waals surface area contributed by atoms with Crippen molar-refractivity contribution >= 4 is 22.0 Å². The maximum atomic E-state index is 14.1. The number of carbonyl (C=O) groups is 1. The molecule has 5 nitrogen and oxygen atoms in total. The number of hydrogen-bond donors (Lipinski definition) is 0. The summed E-state index contributed by atoms with van der Waals surface area (Å²) in [6.07, 6.45) is -0.344. The summed E-state index contributed by atoms with van der Waals surface area (Å²) >= 11 is 3.18. The van der Waals surface area contributed by atoms with E-state index in [4.69, 9.17) is 9.47 Å². The molecule has 0 fully saturated rings. The van der Waals surface area contributed by atoms with E-state index >= 15 is 0 Å². The average molecular weight is 403 g/mol. The van der Waals surface area contributed by atoms with Crippen LogP contribution in [0.2, 0.25) is 0 Å². The van der Waals surface area contributed by atoms with Gasteiger partial charge in [0.05, 0.1) is 4.47 Å². The van der Waals surface area contributed by atoms with Crippen molar-refractivity contribution in [3.63, 3.8) is 0 Å². The minimum Gasteiger partial charge on any atom is -0.489 e. The highest BCUT2D eigenvalue weighted by molar-refractivity contribution is 9.10. The van der Waals surface area contributed by atoms with Gasteiger partial charge in [0.1, 0.15) is 12.2 Å². The van der Waals surface area contributed by atoms with Gasteiger partial charge < -0.3 is 14.4 Å². The largest absolute Gasteiger partial charge is 0.489 e. The van der Waals surface area contributed by atoms with E-state index in [0.29, 0.717) is 43.0 Å². The number of carbonyl (C=O) groups excluding carboxylic acids is 1. The zero-order valence-electron chi connectivity index (χ0n) is 14.6. The van der Waals surface area contributed by atoms with Crippen LogP contribution in [0.3, 0.4) is 0 Å². The molecule has 0 saturated heterocycles. The van der Waals surface area contributed by atoms with Crippen LogP contribution in [0.1, 0.15) is 26.3 Å². The first-order valence-corrected chi connectivity index (χ1v) is 8.73. The molecule has 1 aromatic rings. The van der Waals surface area contributed by atoms with E-state index in [1.54, 1.807) is 18.0 Å². The molecule has 0 spiro atoms. The lowest BCUT2D eigenvalue weighted by Crippen LogP contribution is -2.39. The van der Waals surface area contributed by atoms with Crippen LogP contribution in [-0.4, -0.2) is 54.8 Å². The molecule has 1 amide bonds. The van der Waals surface area contributed by atoms with E-state index in [2.05, 4.69) is 20.8 Å². The summed E-state index contributed by atoms with van der Waals surface area (Å²) in [4.78, 5) is 15.7. The van der Waals surface area contributed by atoms with E-state index < -0.39 is 5.60 Å². The Labute approximate surface area is 150 Å². The van der Waals surface area contributed by atoms with Crippen LogP contribution < -0.4 is 4.74 Å².